The minimum atomic E-state index is 0.102. The molecular weight excluding hydrogens is 228 g/mol. The maximum atomic E-state index is 5.58. The van der Waals surface area contributed by atoms with Gasteiger partial charge in [0.25, 0.3) is 0 Å². The third-order valence-electron chi connectivity index (χ3n) is 2.54. The Hall–Kier alpha value is -2.76. The Bertz CT molecular complexity index is 699. The van der Waals surface area contributed by atoms with E-state index < -0.39 is 0 Å². The molecule has 18 heavy (non-hydrogen) atoms. The van der Waals surface area contributed by atoms with Crippen LogP contribution in [-0.2, 0) is 0 Å². The van der Waals surface area contributed by atoms with Crippen LogP contribution >= 0.6 is 0 Å². The molecule has 3 aromatic rings. The molecule has 0 unspecified atom stereocenters. The van der Waals surface area contributed by atoms with E-state index in [1.54, 1.807) is 6.20 Å². The van der Waals surface area contributed by atoms with Gasteiger partial charge < -0.3 is 11.5 Å². The molecule has 0 aliphatic carbocycles. The van der Waals surface area contributed by atoms with E-state index in [-0.39, 0.29) is 11.9 Å². The van der Waals surface area contributed by atoms with Gasteiger partial charge in [-0.05, 0) is 12.1 Å². The number of rotatable bonds is 1. The lowest BCUT2D eigenvalue weighted by Gasteiger charge is -2.05. The Morgan fingerprint density at radius 3 is 2.33 bits per heavy atom. The van der Waals surface area contributed by atoms with Gasteiger partial charge >= 0.3 is 0 Å². The second-order valence-corrected chi connectivity index (χ2v) is 3.76. The number of hydrogen-bond acceptors (Lipinski definition) is 6. The van der Waals surface area contributed by atoms with Gasteiger partial charge in [-0.3, -0.25) is 4.98 Å². The van der Waals surface area contributed by atoms with Crippen molar-refractivity contribution in [2.75, 3.05) is 11.5 Å². The summed E-state index contributed by atoms with van der Waals surface area (Å²) >= 11 is 0. The van der Waals surface area contributed by atoms with Crippen LogP contribution in [0.1, 0.15) is 0 Å². The Morgan fingerprint density at radius 1 is 0.833 bits per heavy atom. The molecule has 4 N–H and O–H groups in total. The lowest BCUT2D eigenvalue weighted by molar-refractivity contribution is 1.09. The predicted molar refractivity (Wildman–Crippen MR) is 69.4 cm³/mol. The summed E-state index contributed by atoms with van der Waals surface area (Å²) in [5.41, 5.74) is 12.8. The Kier molecular flexibility index (Phi) is 2.26. The number of benzene rings is 1. The van der Waals surface area contributed by atoms with Crippen LogP contribution in [0.2, 0.25) is 0 Å². The Labute approximate surface area is 103 Å². The molecule has 1 aromatic carbocycles. The molecule has 0 fully saturated rings. The molecule has 0 radical (unpaired) electrons. The maximum absolute atomic E-state index is 5.58. The Morgan fingerprint density at radius 2 is 1.56 bits per heavy atom. The molecule has 0 saturated heterocycles. The van der Waals surface area contributed by atoms with Crippen molar-refractivity contribution in [2.24, 2.45) is 0 Å². The zero-order valence-electron chi connectivity index (χ0n) is 9.41. The molecule has 88 valence electrons. The first-order valence-corrected chi connectivity index (χ1v) is 5.35. The average molecular weight is 238 g/mol. The van der Waals surface area contributed by atoms with Crippen LogP contribution in [0.15, 0.2) is 36.5 Å². The molecule has 3 rings (SSSR count). The molecular formula is C12H10N6. The molecule has 0 saturated carbocycles. The van der Waals surface area contributed by atoms with Crippen molar-refractivity contribution in [3.8, 4) is 11.4 Å². The highest BCUT2D eigenvalue weighted by Crippen LogP contribution is 2.24. The zero-order chi connectivity index (χ0) is 12.5. The van der Waals surface area contributed by atoms with E-state index in [1.165, 1.54) is 0 Å². The first-order valence-electron chi connectivity index (χ1n) is 5.35. The van der Waals surface area contributed by atoms with Crippen LogP contribution < -0.4 is 11.5 Å². The topological polar surface area (TPSA) is 104 Å². The van der Waals surface area contributed by atoms with Gasteiger partial charge in [-0.25, -0.2) is 0 Å². The quantitative estimate of drug-likeness (QED) is 0.661. The fraction of sp³-hybridized carbons (Fsp3) is 0. The van der Waals surface area contributed by atoms with Gasteiger partial charge in [0, 0.05) is 17.1 Å². The number of para-hydroxylation sites is 1. The fourth-order valence-electron chi connectivity index (χ4n) is 1.81. The van der Waals surface area contributed by atoms with Gasteiger partial charge in [0.05, 0.1) is 5.52 Å². The molecule has 0 bridgehead atoms. The molecule has 6 nitrogen and oxygen atoms in total. The van der Waals surface area contributed by atoms with E-state index in [4.69, 9.17) is 11.5 Å². The van der Waals surface area contributed by atoms with E-state index in [1.807, 2.05) is 30.3 Å². The summed E-state index contributed by atoms with van der Waals surface area (Å²) in [6.45, 7) is 0. The van der Waals surface area contributed by atoms with E-state index in [9.17, 15) is 0 Å². The number of nitrogens with two attached hydrogens (primary N) is 2. The minimum Gasteiger partial charge on any atom is -0.368 e. The van der Waals surface area contributed by atoms with E-state index in [0.29, 0.717) is 5.82 Å². The molecule has 0 atom stereocenters. The molecule has 2 aromatic heterocycles. The third kappa shape index (κ3) is 1.69. The number of nitrogens with zero attached hydrogens (tertiary/aromatic N) is 4. The average Bonchev–Trinajstić information content (AvgIpc) is 2.37. The SMILES string of the molecule is Nc1nc(N)nc(-c2cccc3cccnc23)n1. The van der Waals surface area contributed by atoms with Gasteiger partial charge in [0.1, 0.15) is 0 Å². The van der Waals surface area contributed by atoms with Crippen molar-refractivity contribution < 1.29 is 0 Å². The van der Waals surface area contributed by atoms with Crippen molar-refractivity contribution in [3.05, 3.63) is 36.5 Å². The highest BCUT2D eigenvalue weighted by molar-refractivity contribution is 5.91. The van der Waals surface area contributed by atoms with Crippen LogP contribution in [0.25, 0.3) is 22.3 Å². The second kappa shape index (κ2) is 3.92. The van der Waals surface area contributed by atoms with Crippen LogP contribution in [0, 0.1) is 0 Å². The number of anilines is 2. The van der Waals surface area contributed by atoms with E-state index in [0.717, 1.165) is 16.5 Å². The van der Waals surface area contributed by atoms with Crippen molar-refractivity contribution in [3.63, 3.8) is 0 Å². The van der Waals surface area contributed by atoms with Crippen molar-refractivity contribution in [1.82, 2.24) is 19.9 Å². The van der Waals surface area contributed by atoms with Crippen LogP contribution in [0.5, 0.6) is 0 Å². The molecule has 0 aliphatic rings. The fourth-order valence-corrected chi connectivity index (χ4v) is 1.81. The molecule has 2 heterocycles. The van der Waals surface area contributed by atoms with Crippen LogP contribution in [0.3, 0.4) is 0 Å². The standard InChI is InChI=1S/C12H10N6/c13-11-16-10(17-12(14)18-11)8-5-1-3-7-4-2-6-15-9(7)8/h1-6H,(H4,13,14,16,17,18). The second-order valence-electron chi connectivity index (χ2n) is 3.76. The highest BCUT2D eigenvalue weighted by Gasteiger charge is 2.09. The number of nitrogen functional groups attached to an aromatic ring is 2. The summed E-state index contributed by atoms with van der Waals surface area (Å²) in [4.78, 5) is 16.3. The number of pyridine rings is 1. The minimum absolute atomic E-state index is 0.102. The van der Waals surface area contributed by atoms with Gasteiger partial charge in [0.15, 0.2) is 5.82 Å². The summed E-state index contributed by atoms with van der Waals surface area (Å²) in [6, 6.07) is 9.61. The summed E-state index contributed by atoms with van der Waals surface area (Å²) < 4.78 is 0. The van der Waals surface area contributed by atoms with Gasteiger partial charge in [0.2, 0.25) is 11.9 Å². The molecule has 0 aliphatic heterocycles. The van der Waals surface area contributed by atoms with Gasteiger partial charge in [-0.15, -0.1) is 0 Å². The van der Waals surface area contributed by atoms with Gasteiger partial charge in [-0.1, -0.05) is 18.2 Å². The van der Waals surface area contributed by atoms with Crippen molar-refractivity contribution in [1.29, 1.82) is 0 Å². The largest absolute Gasteiger partial charge is 0.368 e. The van der Waals surface area contributed by atoms with Gasteiger partial charge in [-0.2, -0.15) is 15.0 Å². The summed E-state index contributed by atoms with van der Waals surface area (Å²) in [5.74, 6) is 0.639. The first-order chi connectivity index (χ1) is 8.74. The summed E-state index contributed by atoms with van der Waals surface area (Å²) in [6.07, 6.45) is 1.72. The highest BCUT2D eigenvalue weighted by atomic mass is 15.1. The molecule has 0 amide bonds. The number of fused-ring (bicyclic) bond motifs is 1. The molecule has 6 heteroatoms. The summed E-state index contributed by atoms with van der Waals surface area (Å²) in [7, 11) is 0. The third-order valence-corrected chi connectivity index (χ3v) is 2.54. The lowest BCUT2D eigenvalue weighted by Crippen LogP contribution is -2.04. The lowest BCUT2D eigenvalue weighted by atomic mass is 10.1. The number of aromatic nitrogens is 4. The smallest absolute Gasteiger partial charge is 0.225 e. The number of hydrogen-bond donors (Lipinski definition) is 2. The normalized spacial score (nSPS) is 10.7. The molecule has 0 spiro atoms. The Balaban J connectivity index is 2.31. The van der Waals surface area contributed by atoms with E-state index >= 15 is 0 Å². The maximum Gasteiger partial charge on any atom is 0.225 e. The van der Waals surface area contributed by atoms with Crippen molar-refractivity contribution in [2.45, 2.75) is 0 Å². The summed E-state index contributed by atoms with van der Waals surface area (Å²) in [5, 5.41) is 1.01. The monoisotopic (exact) mass is 238 g/mol. The first kappa shape index (κ1) is 10.4. The van der Waals surface area contributed by atoms with E-state index in [2.05, 4.69) is 19.9 Å². The zero-order valence-corrected chi connectivity index (χ0v) is 9.41. The van der Waals surface area contributed by atoms with Crippen LogP contribution in [0.4, 0.5) is 11.9 Å². The predicted octanol–water partition coefficient (Wildman–Crippen LogP) is 1.25. The van der Waals surface area contributed by atoms with Crippen LogP contribution in [-0.4, -0.2) is 19.9 Å². The van der Waals surface area contributed by atoms with Crippen molar-refractivity contribution >= 4 is 22.8 Å².